The Balaban J connectivity index is 0.782. The highest BCUT2D eigenvalue weighted by molar-refractivity contribution is 7.80. The van der Waals surface area contributed by atoms with Gasteiger partial charge in [-0.3, -0.25) is 125 Å². The summed E-state index contributed by atoms with van der Waals surface area (Å²) in [6, 6.07) is -8.57. The number of nitrogens with two attached hydrogens (primary N) is 3. The van der Waals surface area contributed by atoms with Gasteiger partial charge >= 0.3 is 28.7 Å². The number of aromatic amines is 4. The maximum atomic E-state index is 14.4. The number of phenols is 2. The number of aromatic nitrogens is 8. The number of ether oxygens (including phenoxy) is 2. The number of aromatic hydroxyl groups is 2. The molecule has 0 saturated carbocycles. The number of carbonyl (C=O) groups is 15. The van der Waals surface area contributed by atoms with Crippen LogP contribution in [0.5, 0.6) is 23.0 Å². The Hall–Kier alpha value is -16.6. The number of hydrogen-bond donors (Lipinski definition) is 24. The first-order valence-electron chi connectivity index (χ1n) is 45.0. The lowest BCUT2D eigenvalue weighted by atomic mass is 9.77. The van der Waals surface area contributed by atoms with Crippen molar-refractivity contribution in [3.8, 4) is 23.0 Å². The van der Waals surface area contributed by atoms with Gasteiger partial charge in [0.25, 0.3) is 22.2 Å². The Kier molecular flexibility index (Phi) is 37.2. The molecule has 53 nitrogen and oxygen atoms in total. The summed E-state index contributed by atoms with van der Waals surface area (Å²) in [5.74, 6) is -15.4. The fraction of sp³-hybridized carbons (Fsp3) is 0.438. The van der Waals surface area contributed by atoms with E-state index in [1.54, 1.807) is 30.3 Å². The molecular weight excluding hydrogens is 1900 g/mol. The molecule has 2 aliphatic heterocycles. The van der Waals surface area contributed by atoms with Crippen molar-refractivity contribution in [2.24, 2.45) is 17.2 Å². The average molecular weight is 2010 g/mol. The predicted molar refractivity (Wildman–Crippen MR) is 511 cm³/mol. The van der Waals surface area contributed by atoms with Gasteiger partial charge in [0, 0.05) is 88.1 Å². The number of aryl methyl sites for hydroxylation is 4. The van der Waals surface area contributed by atoms with Gasteiger partial charge in [-0.25, -0.2) is 24.0 Å². The standard InChI is InChI=1S/C89H114N26O27S/c1-38-30-112(85(137)108-66(38)119)34-59(79(132)98-42(5)70(123)94-45(8)74(127)104-60(35-113-31-39(2)67(120)109-86(113)138)80(133)99-43(6)71(124)96-47(10)76(129)106-62(37-115-33-41(4)69(122)111-88(115)140)82(135)101-49(12)73(126)103-58(65(92)118)18-13-15-25-90)105-75(128)46(9)95-72(125)44(7)100-81(134)61(36-114-32-40(3)68(121)110-87(114)139)107-77(130)48(11)97-78(131)57(91)17-14-16-26-93-84(143)102-50-19-22-54-53(27-50)83(136)142-89(54)55-23-20-51(116)28-63(55)141-64-29-52(117)21-24-56(64)89/h19-24,27-33,42-49,57-62,116-117H,13-18,25-26,34-37,90-91H2,1-12H3,(H2,92,118)(H,94,123)(H,95,125)(H,96,124)(H,97,131)(H,98,132)(H,99,133)(H,100,134)(H,101,135)(H,103,126)(H,104,127)(H,105,128)(H,106,129)(H,107,130)(H2,93,102,143)(H,108,119,137)(H,109,120,138)(H,110,121,139)(H,111,122,140)/t42-,43-,44-,45-,46-,47-,48-,49-,57-,58-,59-,60-,61-,62-/m0/s1. The Bertz CT molecular complexity index is 6600. The average Bonchev–Trinajstić information content (AvgIpc) is 1.56. The molecule has 1 spiro atoms. The smallest absolute Gasteiger partial charge is 0.340 e. The normalized spacial score (nSPS) is 14.9. The zero-order chi connectivity index (χ0) is 106. The van der Waals surface area contributed by atoms with E-state index in [0.717, 1.165) is 84.6 Å². The minimum Gasteiger partial charge on any atom is -0.508 e. The summed E-state index contributed by atoms with van der Waals surface area (Å²) in [6.45, 7) is 12.2. The molecular formula is C89H114N26O27S. The number of rotatable bonds is 45. The number of esters is 1. The largest absolute Gasteiger partial charge is 0.508 e. The van der Waals surface area contributed by atoms with Gasteiger partial charge in [0.1, 0.15) is 102 Å². The van der Waals surface area contributed by atoms with Crippen LogP contribution in [-0.4, -0.2) is 240 Å². The third-order valence-electron chi connectivity index (χ3n) is 23.0. The number of phenolic OH excluding ortho intramolecular Hbond substituents is 2. The van der Waals surface area contributed by atoms with Crippen molar-refractivity contribution >= 4 is 112 Å². The van der Waals surface area contributed by atoms with Gasteiger partial charge in [-0.15, -0.1) is 0 Å². The molecule has 14 amide bonds. The van der Waals surface area contributed by atoms with Crippen LogP contribution in [-0.2, 0) is 104 Å². The van der Waals surface area contributed by atoms with E-state index < -0.39 is 250 Å². The second kappa shape index (κ2) is 48.3. The van der Waals surface area contributed by atoms with Crippen LogP contribution in [0.25, 0.3) is 0 Å². The van der Waals surface area contributed by atoms with Crippen molar-refractivity contribution in [2.45, 2.75) is 238 Å². The van der Waals surface area contributed by atoms with E-state index in [1.165, 1.54) is 65.8 Å². The number of thiocarbonyl (C=S) groups is 1. The molecule has 0 bridgehead atoms. The van der Waals surface area contributed by atoms with Crippen molar-refractivity contribution in [2.75, 3.05) is 18.4 Å². The molecule has 3 aromatic carbocycles. The zero-order valence-corrected chi connectivity index (χ0v) is 80.4. The number of primary amides is 1. The third kappa shape index (κ3) is 28.6. The lowest BCUT2D eigenvalue weighted by molar-refractivity contribution is -0.136. The number of nitrogens with zero attached hydrogens (tertiary/aromatic N) is 4. The summed E-state index contributed by atoms with van der Waals surface area (Å²) in [7, 11) is 0. The molecule has 0 aliphatic carbocycles. The predicted octanol–water partition coefficient (Wildman–Crippen LogP) is -8.04. The van der Waals surface area contributed by atoms with E-state index >= 15 is 0 Å². The number of amides is 14. The second-order valence-electron chi connectivity index (χ2n) is 34.5. The van der Waals surface area contributed by atoms with E-state index in [9.17, 15) is 120 Å². The van der Waals surface area contributed by atoms with E-state index in [-0.39, 0.29) is 81.9 Å². The quantitative estimate of drug-likeness (QED) is 0.00958. The molecule has 14 atom stereocenters. The lowest BCUT2D eigenvalue weighted by Crippen LogP contribution is -2.61. The summed E-state index contributed by atoms with van der Waals surface area (Å²) in [6.07, 6.45) is 6.13. The third-order valence-corrected chi connectivity index (χ3v) is 23.3. The van der Waals surface area contributed by atoms with Gasteiger partial charge in [0.05, 0.1) is 37.8 Å². The molecule has 0 unspecified atom stereocenters. The zero-order valence-electron chi connectivity index (χ0n) is 79.6. The van der Waals surface area contributed by atoms with E-state index in [1.807, 2.05) is 9.97 Å². The SMILES string of the molecule is Cc1cn(C[C@H](NC(=O)[C@H](C)NC(=O)[C@H](C)NC(=O)[C@H](Cn2cc(C)c(=O)[nH]c2=O)NC(=O)[C@H](C)NC(=O)[C@H](C)NC(=O)[C@H](Cn2cc(C)c(=O)[nH]c2=O)NC(=O)[C@H](C)NC(=O)[C@@H](N)CCCCNC(=S)Nc2ccc3c(c2)C(=O)OC32c3ccc(O)cc3Oc3cc(O)ccc32)C(=O)N[C@@H](C)C(=O)N[C@@H](C)C(=O)N[C@@H](Cn2cc(C)c(=O)[nH]c2=O)C(=O)N[C@@H](C)C(=O)N[C@@H](CCCCN)C(N)=O)c(=O)[nH]c1=O. The number of anilines is 1. The van der Waals surface area contributed by atoms with Crippen LogP contribution in [0.4, 0.5) is 5.69 Å². The summed E-state index contributed by atoms with van der Waals surface area (Å²) in [5.41, 5.74) is 10.3. The Morgan fingerprint density at radius 1 is 0.385 bits per heavy atom. The van der Waals surface area contributed by atoms with Gasteiger partial charge in [-0.1, -0.05) is 6.07 Å². The minimum atomic E-state index is -1.88. The Morgan fingerprint density at radius 2 is 0.678 bits per heavy atom. The van der Waals surface area contributed by atoms with Crippen molar-refractivity contribution in [3.63, 3.8) is 0 Å². The molecule has 2 aliphatic rings. The highest BCUT2D eigenvalue weighted by Crippen LogP contribution is 2.57. The molecule has 54 heteroatoms. The summed E-state index contributed by atoms with van der Waals surface area (Å²) in [4.78, 5) is 317. The number of H-pyrrole nitrogens is 4. The van der Waals surface area contributed by atoms with Crippen LogP contribution in [0.2, 0.25) is 0 Å². The fourth-order valence-corrected chi connectivity index (χ4v) is 15.0. The number of fused-ring (bicyclic) bond motifs is 6. The van der Waals surface area contributed by atoms with Gasteiger partial charge in [-0.05, 0) is 177 Å². The summed E-state index contributed by atoms with van der Waals surface area (Å²) in [5, 5.41) is 57.7. The molecule has 0 saturated heterocycles. The van der Waals surface area contributed by atoms with Gasteiger partial charge in [-0.2, -0.15) is 0 Å². The van der Waals surface area contributed by atoms with Crippen molar-refractivity contribution in [3.05, 3.63) is 207 Å². The molecule has 143 heavy (non-hydrogen) atoms. The monoisotopic (exact) mass is 2010 g/mol. The van der Waals surface area contributed by atoms with Crippen LogP contribution in [0.15, 0.2) is 118 Å². The molecule has 9 rings (SSSR count). The van der Waals surface area contributed by atoms with Crippen LogP contribution < -0.4 is 147 Å². The van der Waals surface area contributed by atoms with Crippen LogP contribution in [0.3, 0.4) is 0 Å². The lowest BCUT2D eigenvalue weighted by Gasteiger charge is -2.36. The Labute approximate surface area is 816 Å². The first kappa shape index (κ1) is 110. The first-order valence-corrected chi connectivity index (χ1v) is 45.4. The highest BCUT2D eigenvalue weighted by atomic mass is 32.1. The van der Waals surface area contributed by atoms with Crippen LogP contribution in [0.1, 0.15) is 143 Å². The van der Waals surface area contributed by atoms with E-state index in [0.29, 0.717) is 48.1 Å². The summed E-state index contributed by atoms with van der Waals surface area (Å²) >= 11 is 5.55. The molecule has 768 valence electrons. The number of hydrogen-bond acceptors (Lipinski definition) is 30. The van der Waals surface area contributed by atoms with Gasteiger partial charge in [0.15, 0.2) is 10.7 Å². The molecule has 7 aromatic rings. The summed E-state index contributed by atoms with van der Waals surface area (Å²) < 4.78 is 15.6. The molecule has 6 heterocycles. The van der Waals surface area contributed by atoms with Crippen molar-refractivity contribution in [1.82, 2.24) is 113 Å². The van der Waals surface area contributed by atoms with E-state index in [4.69, 9.17) is 38.9 Å². The number of nitrogens with one attached hydrogen (secondary N) is 19. The molecule has 27 N–H and O–H groups in total. The van der Waals surface area contributed by atoms with Crippen molar-refractivity contribution < 1.29 is 91.6 Å². The highest BCUT2D eigenvalue weighted by Gasteiger charge is 2.54. The van der Waals surface area contributed by atoms with Gasteiger partial charge in [0.2, 0.25) is 82.7 Å². The molecule has 4 aromatic heterocycles. The maximum absolute atomic E-state index is 14.4. The Morgan fingerprint density at radius 3 is 1.00 bits per heavy atom. The molecule has 0 radical (unpaired) electrons. The number of carbonyl (C=O) groups excluding carboxylic acids is 15. The van der Waals surface area contributed by atoms with Crippen molar-refractivity contribution in [1.29, 1.82) is 0 Å². The molecule has 0 fully saturated rings. The minimum absolute atomic E-state index is 0.00182. The maximum Gasteiger partial charge on any atom is 0.340 e. The first-order chi connectivity index (χ1) is 67.3. The number of unbranched alkanes of at least 4 members (excludes halogenated alkanes) is 2. The van der Waals surface area contributed by atoms with Gasteiger partial charge < -0.3 is 117 Å². The fourth-order valence-electron chi connectivity index (χ4n) is 14.7. The van der Waals surface area contributed by atoms with Crippen LogP contribution >= 0.6 is 12.2 Å². The van der Waals surface area contributed by atoms with Crippen LogP contribution in [0, 0.1) is 27.7 Å². The number of benzene rings is 3. The van der Waals surface area contributed by atoms with E-state index in [2.05, 4.69) is 89.7 Å². The second-order valence-corrected chi connectivity index (χ2v) is 34.9. The topological polar surface area (TPSA) is 793 Å².